The van der Waals surface area contributed by atoms with Gasteiger partial charge >= 0.3 is 6.18 Å². The number of hydrogen-bond acceptors (Lipinski definition) is 3. The van der Waals surface area contributed by atoms with Crippen LogP contribution in [0.3, 0.4) is 0 Å². The van der Waals surface area contributed by atoms with Crippen LogP contribution in [0.2, 0.25) is 0 Å². The number of hydrogen-bond donors (Lipinski definition) is 2. The van der Waals surface area contributed by atoms with Gasteiger partial charge in [-0.15, -0.1) is 0 Å². The first-order chi connectivity index (χ1) is 8.79. The summed E-state index contributed by atoms with van der Waals surface area (Å²) in [5.74, 6) is -0.125. The molecule has 1 aliphatic heterocycles. The fraction of sp³-hybridized carbons (Fsp3) is 0.917. The van der Waals surface area contributed by atoms with Crippen molar-refractivity contribution >= 4 is 5.91 Å². The highest BCUT2D eigenvalue weighted by Gasteiger charge is 2.29. The minimum absolute atomic E-state index is 0.455. The van der Waals surface area contributed by atoms with Crippen molar-refractivity contribution in [3.63, 3.8) is 0 Å². The van der Waals surface area contributed by atoms with Gasteiger partial charge in [-0.2, -0.15) is 13.2 Å². The highest BCUT2D eigenvalue weighted by Crippen LogP contribution is 2.14. The lowest BCUT2D eigenvalue weighted by atomic mass is 9.99. The first-order valence-electron chi connectivity index (χ1n) is 6.55. The molecule has 1 amide bonds. The first-order valence-corrected chi connectivity index (χ1v) is 6.55. The highest BCUT2D eigenvalue weighted by molar-refractivity contribution is 5.81. The molecule has 0 aromatic carbocycles. The zero-order valence-electron chi connectivity index (χ0n) is 11.4. The Labute approximate surface area is 111 Å². The molecule has 0 bridgehead atoms. The van der Waals surface area contributed by atoms with Crippen molar-refractivity contribution in [2.75, 3.05) is 33.2 Å². The van der Waals surface area contributed by atoms with Crippen LogP contribution in [-0.2, 0) is 4.79 Å². The topological polar surface area (TPSA) is 44.4 Å². The summed E-state index contributed by atoms with van der Waals surface area (Å²) in [5, 5.41) is 5.20. The Morgan fingerprint density at radius 2 is 2.21 bits per heavy atom. The third-order valence-electron chi connectivity index (χ3n) is 3.45. The Kier molecular flexibility index (Phi) is 6.06. The maximum atomic E-state index is 12.0. The smallest absolute Gasteiger partial charge is 0.346 e. The number of likely N-dealkylation sites (N-methyl/N-ethyl adjacent to an activating group) is 1. The number of nitrogens with one attached hydrogen (secondary N) is 2. The Morgan fingerprint density at radius 3 is 2.74 bits per heavy atom. The van der Waals surface area contributed by atoms with Crippen LogP contribution in [0.15, 0.2) is 0 Å². The van der Waals surface area contributed by atoms with Crippen LogP contribution < -0.4 is 10.6 Å². The van der Waals surface area contributed by atoms with Gasteiger partial charge < -0.3 is 10.6 Å². The van der Waals surface area contributed by atoms with Crippen LogP contribution in [-0.4, -0.2) is 56.3 Å². The molecule has 4 nitrogen and oxygen atoms in total. The maximum Gasteiger partial charge on any atom is 0.405 e. The average molecular weight is 281 g/mol. The van der Waals surface area contributed by atoms with Gasteiger partial charge in [0.1, 0.15) is 6.54 Å². The number of nitrogens with zero attached hydrogens (tertiary/aromatic N) is 1. The number of rotatable bonds is 5. The Bertz CT molecular complexity index is 290. The lowest BCUT2D eigenvalue weighted by Crippen LogP contribution is -2.48. The molecule has 0 spiro atoms. The SMILES string of the molecule is CC(C(=O)NCC(F)(F)F)N(C)CC1CCCNC1. The number of alkyl halides is 3. The van der Waals surface area contributed by atoms with E-state index in [2.05, 4.69) is 5.32 Å². The Morgan fingerprint density at radius 1 is 1.53 bits per heavy atom. The lowest BCUT2D eigenvalue weighted by molar-refractivity contribution is -0.141. The van der Waals surface area contributed by atoms with Crippen LogP contribution >= 0.6 is 0 Å². The molecule has 0 aromatic heterocycles. The molecule has 2 atom stereocenters. The van der Waals surface area contributed by atoms with Gasteiger partial charge in [-0.05, 0) is 45.8 Å². The van der Waals surface area contributed by atoms with Crippen molar-refractivity contribution in [3.8, 4) is 0 Å². The summed E-state index contributed by atoms with van der Waals surface area (Å²) in [5.41, 5.74) is 0. The van der Waals surface area contributed by atoms with Crippen LogP contribution in [0.4, 0.5) is 13.2 Å². The van der Waals surface area contributed by atoms with Crippen LogP contribution in [0, 0.1) is 5.92 Å². The van der Waals surface area contributed by atoms with E-state index in [-0.39, 0.29) is 0 Å². The summed E-state index contributed by atoms with van der Waals surface area (Å²) in [4.78, 5) is 13.4. The van der Waals surface area contributed by atoms with E-state index >= 15 is 0 Å². The van der Waals surface area contributed by atoms with E-state index in [0.717, 1.165) is 25.9 Å². The third-order valence-corrected chi connectivity index (χ3v) is 3.45. The second-order valence-corrected chi connectivity index (χ2v) is 5.16. The summed E-state index contributed by atoms with van der Waals surface area (Å²) in [6, 6.07) is -0.552. The summed E-state index contributed by atoms with van der Waals surface area (Å²) >= 11 is 0. The molecular formula is C12H22F3N3O. The molecule has 1 fully saturated rings. The molecule has 1 saturated heterocycles. The predicted molar refractivity (Wildman–Crippen MR) is 66.8 cm³/mol. The van der Waals surface area contributed by atoms with E-state index in [0.29, 0.717) is 12.5 Å². The minimum atomic E-state index is -4.36. The number of halogens is 3. The first kappa shape index (κ1) is 16.2. The fourth-order valence-corrected chi connectivity index (χ4v) is 2.18. The zero-order chi connectivity index (χ0) is 14.5. The molecule has 112 valence electrons. The molecule has 1 aliphatic rings. The van der Waals surface area contributed by atoms with E-state index in [1.807, 2.05) is 10.2 Å². The van der Waals surface area contributed by atoms with Gasteiger partial charge in [-0.3, -0.25) is 9.69 Å². The molecule has 0 saturated carbocycles. The number of amides is 1. The van der Waals surface area contributed by atoms with E-state index < -0.39 is 24.7 Å². The number of carbonyl (C=O) groups is 1. The van der Waals surface area contributed by atoms with E-state index in [4.69, 9.17) is 0 Å². The van der Waals surface area contributed by atoms with Crippen molar-refractivity contribution < 1.29 is 18.0 Å². The van der Waals surface area contributed by atoms with Crippen LogP contribution in [0.25, 0.3) is 0 Å². The second-order valence-electron chi connectivity index (χ2n) is 5.16. The maximum absolute atomic E-state index is 12.0. The number of piperidine rings is 1. The van der Waals surface area contributed by atoms with Gasteiger partial charge in [0.15, 0.2) is 0 Å². The number of carbonyl (C=O) groups excluding carboxylic acids is 1. The van der Waals surface area contributed by atoms with Crippen LogP contribution in [0.1, 0.15) is 19.8 Å². The molecule has 1 heterocycles. The van der Waals surface area contributed by atoms with Crippen molar-refractivity contribution in [3.05, 3.63) is 0 Å². The summed E-state index contributed by atoms with van der Waals surface area (Å²) in [7, 11) is 1.77. The van der Waals surface area contributed by atoms with E-state index in [9.17, 15) is 18.0 Å². The van der Waals surface area contributed by atoms with Crippen molar-refractivity contribution in [2.45, 2.75) is 32.0 Å². The zero-order valence-corrected chi connectivity index (χ0v) is 11.4. The molecule has 0 aliphatic carbocycles. The van der Waals surface area contributed by atoms with Gasteiger partial charge in [0, 0.05) is 6.54 Å². The van der Waals surface area contributed by atoms with E-state index in [1.54, 1.807) is 14.0 Å². The van der Waals surface area contributed by atoms with Crippen molar-refractivity contribution in [1.82, 2.24) is 15.5 Å². The quantitative estimate of drug-likeness (QED) is 0.790. The van der Waals surface area contributed by atoms with Gasteiger partial charge in [0.2, 0.25) is 5.91 Å². The monoisotopic (exact) mass is 281 g/mol. The van der Waals surface area contributed by atoms with E-state index in [1.165, 1.54) is 0 Å². The van der Waals surface area contributed by atoms with Crippen molar-refractivity contribution in [1.29, 1.82) is 0 Å². The standard InChI is InChI=1S/C12H22F3N3O/c1-9(11(19)17-8-12(13,14)15)18(2)7-10-4-3-5-16-6-10/h9-10,16H,3-8H2,1-2H3,(H,17,19). The molecule has 7 heteroatoms. The molecule has 19 heavy (non-hydrogen) atoms. The Balaban J connectivity index is 2.33. The van der Waals surface area contributed by atoms with Gasteiger partial charge in [0.25, 0.3) is 0 Å². The summed E-state index contributed by atoms with van der Waals surface area (Å²) in [6.07, 6.45) is -2.16. The summed E-state index contributed by atoms with van der Waals surface area (Å²) in [6.45, 7) is 2.99. The largest absolute Gasteiger partial charge is 0.405 e. The van der Waals surface area contributed by atoms with Gasteiger partial charge in [-0.1, -0.05) is 0 Å². The molecule has 0 radical (unpaired) electrons. The fourth-order valence-electron chi connectivity index (χ4n) is 2.18. The predicted octanol–water partition coefficient (Wildman–Crippen LogP) is 0.985. The third kappa shape index (κ3) is 6.24. The van der Waals surface area contributed by atoms with Crippen LogP contribution in [0.5, 0.6) is 0 Å². The molecule has 2 N–H and O–H groups in total. The van der Waals surface area contributed by atoms with Gasteiger partial charge in [-0.25, -0.2) is 0 Å². The normalized spacial score (nSPS) is 22.3. The molecule has 0 aromatic rings. The lowest BCUT2D eigenvalue weighted by Gasteiger charge is -2.30. The molecular weight excluding hydrogens is 259 g/mol. The minimum Gasteiger partial charge on any atom is -0.346 e. The second kappa shape index (κ2) is 7.09. The molecule has 2 unspecified atom stereocenters. The average Bonchev–Trinajstić information content (AvgIpc) is 2.35. The highest BCUT2D eigenvalue weighted by atomic mass is 19.4. The molecule has 1 rings (SSSR count). The summed E-state index contributed by atoms with van der Waals surface area (Å²) < 4.78 is 36.0. The Hall–Kier alpha value is -0.820. The van der Waals surface area contributed by atoms with Gasteiger partial charge in [0.05, 0.1) is 6.04 Å². The van der Waals surface area contributed by atoms with Crippen molar-refractivity contribution in [2.24, 2.45) is 5.92 Å².